The summed E-state index contributed by atoms with van der Waals surface area (Å²) >= 11 is 0. The Hall–Kier alpha value is -2.76. The Balaban J connectivity index is 1.64. The van der Waals surface area contributed by atoms with Crippen LogP contribution in [0.4, 0.5) is 4.79 Å². The van der Waals surface area contributed by atoms with E-state index in [2.05, 4.69) is 22.0 Å². The summed E-state index contributed by atoms with van der Waals surface area (Å²) in [5, 5.41) is 3.13. The van der Waals surface area contributed by atoms with Crippen molar-refractivity contribution in [2.75, 3.05) is 20.2 Å². The number of aromatic nitrogens is 1. The molecular weight excluding hydrogens is 342 g/mol. The van der Waals surface area contributed by atoms with Crippen molar-refractivity contribution in [1.29, 1.82) is 0 Å². The van der Waals surface area contributed by atoms with E-state index in [1.807, 2.05) is 38.1 Å². The largest absolute Gasteiger partial charge is 0.453 e. The van der Waals surface area contributed by atoms with Gasteiger partial charge in [0.15, 0.2) is 0 Å². The van der Waals surface area contributed by atoms with E-state index < -0.39 is 0 Å². The predicted octanol–water partition coefficient (Wildman–Crippen LogP) is 3.11. The number of methoxy groups -OCH3 is 1. The van der Waals surface area contributed by atoms with Crippen molar-refractivity contribution in [3.63, 3.8) is 0 Å². The van der Waals surface area contributed by atoms with Crippen LogP contribution in [0.2, 0.25) is 0 Å². The highest BCUT2D eigenvalue weighted by atomic mass is 16.5. The van der Waals surface area contributed by atoms with Crippen LogP contribution in [-0.4, -0.2) is 47.7 Å². The first-order valence-corrected chi connectivity index (χ1v) is 9.34. The quantitative estimate of drug-likeness (QED) is 0.901. The van der Waals surface area contributed by atoms with Crippen molar-refractivity contribution in [2.45, 2.75) is 39.3 Å². The number of hydrogen-bond donors (Lipinski definition) is 1. The molecule has 1 N–H and O–H groups in total. The van der Waals surface area contributed by atoms with E-state index in [0.29, 0.717) is 13.1 Å². The van der Waals surface area contributed by atoms with Crippen LogP contribution < -0.4 is 5.32 Å². The number of likely N-dealkylation sites (tertiary alicyclic amines) is 1. The Kier molecular flexibility index (Phi) is 5.84. The maximum atomic E-state index is 12.8. The van der Waals surface area contributed by atoms with Gasteiger partial charge in [0, 0.05) is 37.1 Å². The molecule has 144 valence electrons. The lowest BCUT2D eigenvalue weighted by Crippen LogP contribution is -2.46. The first-order chi connectivity index (χ1) is 13.0. The van der Waals surface area contributed by atoms with Crippen molar-refractivity contribution in [1.82, 2.24) is 14.8 Å². The summed E-state index contributed by atoms with van der Waals surface area (Å²) in [4.78, 5) is 26.0. The maximum absolute atomic E-state index is 12.8. The normalized spacial score (nSPS) is 14.9. The van der Waals surface area contributed by atoms with E-state index in [0.717, 1.165) is 36.3 Å². The summed E-state index contributed by atoms with van der Waals surface area (Å²) in [7, 11) is 1.39. The van der Waals surface area contributed by atoms with Crippen LogP contribution >= 0.6 is 0 Å². The van der Waals surface area contributed by atoms with Gasteiger partial charge in [0.2, 0.25) is 0 Å². The van der Waals surface area contributed by atoms with Gasteiger partial charge in [0.05, 0.1) is 12.7 Å². The number of nitrogens with zero attached hydrogens (tertiary/aromatic N) is 2. The van der Waals surface area contributed by atoms with Crippen LogP contribution in [0.15, 0.2) is 36.4 Å². The van der Waals surface area contributed by atoms with Crippen LogP contribution in [-0.2, 0) is 11.3 Å². The Bertz CT molecular complexity index is 806. The third kappa shape index (κ3) is 4.32. The van der Waals surface area contributed by atoms with E-state index in [9.17, 15) is 9.59 Å². The molecular formula is C21H27N3O3. The fourth-order valence-electron chi connectivity index (χ4n) is 3.64. The molecule has 1 aromatic carbocycles. The fraction of sp³-hybridized carbons (Fsp3) is 0.429. The average molecular weight is 369 g/mol. The Morgan fingerprint density at radius 1 is 1.15 bits per heavy atom. The van der Waals surface area contributed by atoms with Crippen molar-refractivity contribution in [3.05, 3.63) is 58.9 Å². The van der Waals surface area contributed by atoms with E-state index in [-0.39, 0.29) is 18.0 Å². The Labute approximate surface area is 160 Å². The van der Waals surface area contributed by atoms with E-state index in [1.165, 1.54) is 12.7 Å². The number of carbonyl (C=O) groups excluding carboxylic acids is 2. The first-order valence-electron chi connectivity index (χ1n) is 9.34. The second-order valence-electron chi connectivity index (χ2n) is 7.06. The Morgan fingerprint density at radius 2 is 1.81 bits per heavy atom. The summed E-state index contributed by atoms with van der Waals surface area (Å²) in [6.45, 7) is 5.98. The van der Waals surface area contributed by atoms with Gasteiger partial charge in [0.25, 0.3) is 5.91 Å². The van der Waals surface area contributed by atoms with Gasteiger partial charge in [-0.15, -0.1) is 0 Å². The molecule has 1 aliphatic rings. The number of amides is 2. The molecule has 1 aromatic heterocycles. The molecule has 1 fully saturated rings. The summed E-state index contributed by atoms with van der Waals surface area (Å²) in [5.41, 5.74) is 3.98. The lowest BCUT2D eigenvalue weighted by molar-refractivity contribution is 0.0891. The lowest BCUT2D eigenvalue weighted by atomic mass is 10.0. The SMILES string of the molecule is COC(=O)N1CCC(NC(=O)c2cc(C)n(Cc3ccccc3)c2C)CC1. The molecule has 2 heterocycles. The van der Waals surface area contributed by atoms with E-state index >= 15 is 0 Å². The predicted molar refractivity (Wildman–Crippen MR) is 104 cm³/mol. The third-order valence-electron chi connectivity index (χ3n) is 5.26. The van der Waals surface area contributed by atoms with Crippen LogP contribution in [0.3, 0.4) is 0 Å². The molecule has 1 aliphatic heterocycles. The highest BCUT2D eigenvalue weighted by Crippen LogP contribution is 2.18. The molecule has 0 atom stereocenters. The van der Waals surface area contributed by atoms with Crippen molar-refractivity contribution in [2.24, 2.45) is 0 Å². The number of hydrogen-bond acceptors (Lipinski definition) is 3. The van der Waals surface area contributed by atoms with Gasteiger partial charge in [0.1, 0.15) is 0 Å². The molecule has 6 heteroatoms. The monoisotopic (exact) mass is 369 g/mol. The fourth-order valence-corrected chi connectivity index (χ4v) is 3.64. The van der Waals surface area contributed by atoms with Gasteiger partial charge in [-0.25, -0.2) is 4.79 Å². The molecule has 0 bridgehead atoms. The minimum absolute atomic E-state index is 0.0427. The number of carbonyl (C=O) groups is 2. The zero-order chi connectivity index (χ0) is 19.4. The molecule has 2 aromatic rings. The summed E-state index contributed by atoms with van der Waals surface area (Å²) in [6.07, 6.45) is 1.18. The molecule has 0 unspecified atom stereocenters. The number of aryl methyl sites for hydroxylation is 1. The van der Waals surface area contributed by atoms with Gasteiger partial charge in [-0.2, -0.15) is 0 Å². The summed E-state index contributed by atoms with van der Waals surface area (Å²) < 4.78 is 6.92. The van der Waals surface area contributed by atoms with E-state index in [4.69, 9.17) is 4.74 Å². The van der Waals surface area contributed by atoms with Gasteiger partial charge in [-0.05, 0) is 38.3 Å². The number of piperidine rings is 1. The molecule has 3 rings (SSSR count). The van der Waals surface area contributed by atoms with Crippen LogP contribution in [0, 0.1) is 13.8 Å². The van der Waals surface area contributed by atoms with Crippen LogP contribution in [0.25, 0.3) is 0 Å². The standard InChI is InChI=1S/C21H27N3O3/c1-15-13-19(16(2)24(15)14-17-7-5-4-6-8-17)20(25)22-18-9-11-23(12-10-18)21(26)27-3/h4-8,13,18H,9-12,14H2,1-3H3,(H,22,25). The number of benzene rings is 1. The maximum Gasteiger partial charge on any atom is 0.409 e. The van der Waals surface area contributed by atoms with Crippen LogP contribution in [0.5, 0.6) is 0 Å². The molecule has 2 amide bonds. The number of ether oxygens (including phenoxy) is 1. The smallest absolute Gasteiger partial charge is 0.409 e. The minimum Gasteiger partial charge on any atom is -0.453 e. The van der Waals surface area contributed by atoms with Crippen LogP contribution in [0.1, 0.15) is 40.2 Å². The van der Waals surface area contributed by atoms with Gasteiger partial charge in [-0.3, -0.25) is 4.79 Å². The van der Waals surface area contributed by atoms with Gasteiger partial charge >= 0.3 is 6.09 Å². The molecule has 0 spiro atoms. The van der Waals surface area contributed by atoms with Gasteiger partial charge in [-0.1, -0.05) is 30.3 Å². The molecule has 0 aliphatic carbocycles. The second kappa shape index (κ2) is 8.29. The van der Waals surface area contributed by atoms with E-state index in [1.54, 1.807) is 4.90 Å². The molecule has 0 radical (unpaired) electrons. The van der Waals surface area contributed by atoms with Gasteiger partial charge < -0.3 is 19.5 Å². The lowest BCUT2D eigenvalue weighted by Gasteiger charge is -2.31. The average Bonchev–Trinajstić information content (AvgIpc) is 2.97. The second-order valence-corrected chi connectivity index (χ2v) is 7.06. The highest BCUT2D eigenvalue weighted by Gasteiger charge is 2.25. The summed E-state index contributed by atoms with van der Waals surface area (Å²) in [5.74, 6) is -0.0427. The highest BCUT2D eigenvalue weighted by molar-refractivity contribution is 5.96. The molecule has 27 heavy (non-hydrogen) atoms. The van der Waals surface area contributed by atoms with Crippen molar-refractivity contribution < 1.29 is 14.3 Å². The molecule has 1 saturated heterocycles. The molecule has 0 saturated carbocycles. The molecule has 6 nitrogen and oxygen atoms in total. The third-order valence-corrected chi connectivity index (χ3v) is 5.26. The number of rotatable bonds is 4. The number of nitrogens with one attached hydrogen (secondary N) is 1. The summed E-state index contributed by atoms with van der Waals surface area (Å²) in [6, 6.07) is 12.3. The minimum atomic E-state index is -0.302. The van der Waals surface area contributed by atoms with Crippen molar-refractivity contribution >= 4 is 12.0 Å². The zero-order valence-electron chi connectivity index (χ0n) is 16.2. The van der Waals surface area contributed by atoms with Crippen molar-refractivity contribution in [3.8, 4) is 0 Å². The first kappa shape index (κ1) is 19.0. The zero-order valence-corrected chi connectivity index (χ0v) is 16.2. The Morgan fingerprint density at radius 3 is 2.44 bits per heavy atom. The topological polar surface area (TPSA) is 63.6 Å².